The third-order valence-corrected chi connectivity index (χ3v) is 3.46. The monoisotopic (exact) mass is 259 g/mol. The Morgan fingerprint density at radius 1 is 1.58 bits per heavy atom. The minimum absolute atomic E-state index is 0.0906. The zero-order valence-corrected chi connectivity index (χ0v) is 10.7. The van der Waals surface area contributed by atoms with Gasteiger partial charge in [0, 0.05) is 25.9 Å². The van der Waals surface area contributed by atoms with E-state index < -0.39 is 0 Å². The number of pyridine rings is 1. The summed E-state index contributed by atoms with van der Waals surface area (Å²) >= 11 is 0. The Hall–Kier alpha value is -1.93. The van der Waals surface area contributed by atoms with Gasteiger partial charge in [-0.3, -0.25) is 4.79 Å². The molecular weight excluding hydrogens is 242 g/mol. The number of aliphatic hydroxyl groups excluding tert-OH is 1. The molecule has 5 nitrogen and oxygen atoms in total. The molecule has 1 aromatic heterocycles. The number of likely N-dealkylation sites (tertiary alicyclic amines) is 1. The first kappa shape index (κ1) is 13.5. The van der Waals surface area contributed by atoms with Gasteiger partial charge in [0.15, 0.2) is 0 Å². The van der Waals surface area contributed by atoms with Crippen LogP contribution in [0.15, 0.2) is 18.3 Å². The fraction of sp³-hybridized carbons (Fsp3) is 0.500. The largest absolute Gasteiger partial charge is 0.396 e. The van der Waals surface area contributed by atoms with Crippen LogP contribution in [0.25, 0.3) is 0 Å². The summed E-state index contributed by atoms with van der Waals surface area (Å²) in [5, 5.41) is 17.7. The van der Waals surface area contributed by atoms with Crippen LogP contribution in [-0.4, -0.2) is 40.6 Å². The fourth-order valence-electron chi connectivity index (χ4n) is 2.42. The van der Waals surface area contributed by atoms with Gasteiger partial charge in [-0.2, -0.15) is 5.26 Å². The molecule has 1 aromatic rings. The highest BCUT2D eigenvalue weighted by Gasteiger charge is 2.24. The maximum absolute atomic E-state index is 12.3. The zero-order valence-electron chi connectivity index (χ0n) is 10.7. The predicted molar refractivity (Wildman–Crippen MR) is 69.3 cm³/mol. The van der Waals surface area contributed by atoms with Crippen molar-refractivity contribution in [1.82, 2.24) is 9.88 Å². The highest BCUT2D eigenvalue weighted by atomic mass is 16.3. The van der Waals surface area contributed by atoms with Crippen LogP contribution in [0.5, 0.6) is 0 Å². The molecule has 2 rings (SSSR count). The van der Waals surface area contributed by atoms with E-state index >= 15 is 0 Å². The summed E-state index contributed by atoms with van der Waals surface area (Å²) < 4.78 is 0. The molecule has 0 aliphatic carbocycles. The maximum atomic E-state index is 12.3. The van der Waals surface area contributed by atoms with E-state index in [1.165, 1.54) is 6.20 Å². The second-order valence-electron chi connectivity index (χ2n) is 4.82. The number of carbonyl (C=O) groups is 1. The molecule has 0 spiro atoms. The number of carbonyl (C=O) groups excluding carboxylic acids is 1. The molecule has 1 amide bonds. The van der Waals surface area contributed by atoms with Crippen LogP contribution in [0.3, 0.4) is 0 Å². The molecule has 0 saturated carbocycles. The van der Waals surface area contributed by atoms with Gasteiger partial charge in [-0.15, -0.1) is 0 Å². The minimum Gasteiger partial charge on any atom is -0.396 e. The summed E-state index contributed by atoms with van der Waals surface area (Å²) in [5.74, 6) is 0.285. The molecule has 0 radical (unpaired) electrons. The van der Waals surface area contributed by atoms with E-state index in [4.69, 9.17) is 10.4 Å². The Labute approximate surface area is 112 Å². The first-order valence-corrected chi connectivity index (χ1v) is 6.51. The summed E-state index contributed by atoms with van der Waals surface area (Å²) in [6.45, 7) is 1.59. The normalized spacial score (nSPS) is 18.9. The Balaban J connectivity index is 2.04. The Kier molecular flexibility index (Phi) is 4.48. The summed E-state index contributed by atoms with van der Waals surface area (Å²) in [5.41, 5.74) is 0.831. The van der Waals surface area contributed by atoms with Crippen LogP contribution in [0.2, 0.25) is 0 Å². The minimum atomic E-state index is -0.0906. The molecular formula is C14H17N3O2. The van der Waals surface area contributed by atoms with E-state index in [0.29, 0.717) is 23.7 Å². The average molecular weight is 259 g/mol. The summed E-state index contributed by atoms with van der Waals surface area (Å²) in [6, 6.07) is 5.18. The average Bonchev–Trinajstić information content (AvgIpc) is 2.47. The van der Waals surface area contributed by atoms with Gasteiger partial charge in [0.25, 0.3) is 5.91 Å². The summed E-state index contributed by atoms with van der Waals surface area (Å²) in [4.78, 5) is 18.1. The number of hydrogen-bond acceptors (Lipinski definition) is 4. The lowest BCUT2D eigenvalue weighted by molar-refractivity contribution is 0.0648. The van der Waals surface area contributed by atoms with Gasteiger partial charge in [-0.25, -0.2) is 4.98 Å². The summed E-state index contributed by atoms with van der Waals surface area (Å²) in [6.07, 6.45) is 4.19. The van der Waals surface area contributed by atoms with E-state index in [2.05, 4.69) is 4.98 Å². The van der Waals surface area contributed by atoms with Crippen molar-refractivity contribution in [3.63, 3.8) is 0 Å². The first-order chi connectivity index (χ1) is 9.24. The molecule has 1 fully saturated rings. The Morgan fingerprint density at radius 2 is 2.42 bits per heavy atom. The van der Waals surface area contributed by atoms with Crippen LogP contribution in [0.4, 0.5) is 0 Å². The van der Waals surface area contributed by atoms with Crippen LogP contribution in [0, 0.1) is 17.2 Å². The Bertz CT molecular complexity index is 476. The highest BCUT2D eigenvalue weighted by molar-refractivity contribution is 5.92. The van der Waals surface area contributed by atoms with E-state index in [0.717, 1.165) is 25.8 Å². The lowest BCUT2D eigenvalue weighted by Crippen LogP contribution is -2.40. The standard InChI is InChI=1S/C14H17N3O2/c15-8-12-3-4-13(16-9-12)14(19)17-6-1-2-11(10-17)5-7-18/h3-4,9,11,18H,1-2,5-7,10H2. The van der Waals surface area contributed by atoms with Crippen LogP contribution in [0.1, 0.15) is 35.3 Å². The SMILES string of the molecule is N#Cc1ccc(C(=O)N2CCCC(CCO)C2)nc1. The molecule has 1 aliphatic rings. The molecule has 0 bridgehead atoms. The van der Waals surface area contributed by atoms with Crippen LogP contribution >= 0.6 is 0 Å². The van der Waals surface area contributed by atoms with Crippen molar-refractivity contribution in [1.29, 1.82) is 5.26 Å². The smallest absolute Gasteiger partial charge is 0.272 e. The van der Waals surface area contributed by atoms with E-state index in [1.54, 1.807) is 17.0 Å². The predicted octanol–water partition coefficient (Wildman–Crippen LogP) is 1.19. The molecule has 1 aliphatic heterocycles. The number of nitrogens with zero attached hydrogens (tertiary/aromatic N) is 3. The Morgan fingerprint density at radius 3 is 3.05 bits per heavy atom. The number of hydrogen-bond donors (Lipinski definition) is 1. The molecule has 2 heterocycles. The molecule has 19 heavy (non-hydrogen) atoms. The molecule has 1 atom stereocenters. The third-order valence-electron chi connectivity index (χ3n) is 3.46. The van der Waals surface area contributed by atoms with Gasteiger partial charge in [0.05, 0.1) is 5.56 Å². The van der Waals surface area contributed by atoms with Gasteiger partial charge in [0.1, 0.15) is 11.8 Å². The van der Waals surface area contributed by atoms with Crippen molar-refractivity contribution < 1.29 is 9.90 Å². The molecule has 1 N–H and O–H groups in total. The topological polar surface area (TPSA) is 77.2 Å². The zero-order chi connectivity index (χ0) is 13.7. The van der Waals surface area contributed by atoms with Gasteiger partial charge >= 0.3 is 0 Å². The van der Waals surface area contributed by atoms with Gasteiger partial charge in [0.2, 0.25) is 0 Å². The number of aliphatic hydroxyl groups is 1. The first-order valence-electron chi connectivity index (χ1n) is 6.51. The molecule has 0 aromatic carbocycles. The molecule has 5 heteroatoms. The van der Waals surface area contributed by atoms with Crippen molar-refractivity contribution in [3.8, 4) is 6.07 Å². The van der Waals surface area contributed by atoms with Gasteiger partial charge in [-0.05, 0) is 37.3 Å². The van der Waals surface area contributed by atoms with E-state index in [9.17, 15) is 4.79 Å². The van der Waals surface area contributed by atoms with E-state index in [-0.39, 0.29) is 12.5 Å². The van der Waals surface area contributed by atoms with Crippen molar-refractivity contribution in [2.24, 2.45) is 5.92 Å². The molecule has 1 saturated heterocycles. The number of aromatic nitrogens is 1. The number of rotatable bonds is 3. The number of amides is 1. The van der Waals surface area contributed by atoms with Crippen molar-refractivity contribution in [2.45, 2.75) is 19.3 Å². The van der Waals surface area contributed by atoms with Crippen molar-refractivity contribution in [3.05, 3.63) is 29.6 Å². The van der Waals surface area contributed by atoms with Crippen LogP contribution in [-0.2, 0) is 0 Å². The highest BCUT2D eigenvalue weighted by Crippen LogP contribution is 2.20. The van der Waals surface area contributed by atoms with Gasteiger partial charge in [-0.1, -0.05) is 0 Å². The van der Waals surface area contributed by atoms with Crippen molar-refractivity contribution in [2.75, 3.05) is 19.7 Å². The third kappa shape index (κ3) is 3.30. The summed E-state index contributed by atoms with van der Waals surface area (Å²) in [7, 11) is 0. The molecule has 1 unspecified atom stereocenters. The second-order valence-corrected chi connectivity index (χ2v) is 4.82. The van der Waals surface area contributed by atoms with Crippen LogP contribution < -0.4 is 0 Å². The lowest BCUT2D eigenvalue weighted by atomic mass is 9.95. The number of piperidine rings is 1. The quantitative estimate of drug-likeness (QED) is 0.884. The number of nitriles is 1. The maximum Gasteiger partial charge on any atom is 0.272 e. The van der Waals surface area contributed by atoms with Crippen molar-refractivity contribution >= 4 is 5.91 Å². The second kappa shape index (κ2) is 6.30. The van der Waals surface area contributed by atoms with Gasteiger partial charge < -0.3 is 10.0 Å². The lowest BCUT2D eigenvalue weighted by Gasteiger charge is -2.32. The van der Waals surface area contributed by atoms with E-state index in [1.807, 2.05) is 6.07 Å². The molecule has 100 valence electrons. The fourth-order valence-corrected chi connectivity index (χ4v) is 2.42.